The number of aryl methyl sites for hydroxylation is 3. The first kappa shape index (κ1) is 11.1. The van der Waals surface area contributed by atoms with Crippen molar-refractivity contribution >= 4 is 27.5 Å². The summed E-state index contributed by atoms with van der Waals surface area (Å²) in [5.74, 6) is 0. The van der Waals surface area contributed by atoms with Gasteiger partial charge in [0.25, 0.3) is 0 Å². The third-order valence-electron chi connectivity index (χ3n) is 3.88. The Morgan fingerprint density at radius 1 is 1.17 bits per heavy atom. The Morgan fingerprint density at radius 2 is 1.94 bits per heavy atom. The molecule has 0 aliphatic rings. The number of benzene rings is 2. The minimum Gasteiger partial charge on any atom is -0.398 e. The number of hydrogen-bond donors (Lipinski definition) is 2. The fourth-order valence-electron chi connectivity index (χ4n) is 2.82. The zero-order valence-electron chi connectivity index (χ0n) is 11.1. The van der Waals surface area contributed by atoms with Gasteiger partial charge in [-0.1, -0.05) is 25.1 Å². The molecule has 18 heavy (non-hydrogen) atoms. The first-order valence-electron chi connectivity index (χ1n) is 6.42. The lowest BCUT2D eigenvalue weighted by Crippen LogP contribution is -1.91. The Labute approximate surface area is 107 Å². The lowest BCUT2D eigenvalue weighted by atomic mass is 10.0. The summed E-state index contributed by atoms with van der Waals surface area (Å²) in [5, 5.41) is 2.56. The molecule has 2 heteroatoms. The normalized spacial score (nSPS) is 11.5. The summed E-state index contributed by atoms with van der Waals surface area (Å²) in [6, 6.07) is 8.55. The molecule has 0 fully saturated rings. The molecule has 0 amide bonds. The van der Waals surface area contributed by atoms with Crippen LogP contribution in [0.5, 0.6) is 0 Å². The third kappa shape index (κ3) is 1.35. The average Bonchev–Trinajstić information content (AvgIpc) is 2.75. The summed E-state index contributed by atoms with van der Waals surface area (Å²) in [7, 11) is 0. The second-order valence-corrected chi connectivity index (χ2v) is 4.98. The summed E-state index contributed by atoms with van der Waals surface area (Å²) in [5.41, 5.74) is 13.2. The molecule has 0 spiro atoms. The second-order valence-electron chi connectivity index (χ2n) is 4.98. The van der Waals surface area contributed by atoms with Crippen LogP contribution in [0.15, 0.2) is 24.3 Å². The van der Waals surface area contributed by atoms with Crippen LogP contribution in [-0.2, 0) is 6.42 Å². The van der Waals surface area contributed by atoms with E-state index < -0.39 is 0 Å². The van der Waals surface area contributed by atoms with Gasteiger partial charge in [0, 0.05) is 27.5 Å². The van der Waals surface area contributed by atoms with Gasteiger partial charge in [-0.3, -0.25) is 0 Å². The summed E-state index contributed by atoms with van der Waals surface area (Å²) >= 11 is 0. The van der Waals surface area contributed by atoms with Gasteiger partial charge in [-0.25, -0.2) is 0 Å². The maximum absolute atomic E-state index is 6.09. The molecule has 3 rings (SSSR count). The van der Waals surface area contributed by atoms with Crippen molar-refractivity contribution in [3.63, 3.8) is 0 Å². The van der Waals surface area contributed by atoms with Crippen LogP contribution in [0.25, 0.3) is 21.8 Å². The smallest absolute Gasteiger partial charge is 0.0498 e. The first-order chi connectivity index (χ1) is 8.63. The van der Waals surface area contributed by atoms with E-state index in [1.165, 1.54) is 38.5 Å². The number of para-hydroxylation sites is 1. The second kappa shape index (κ2) is 3.77. The maximum atomic E-state index is 6.09. The minimum atomic E-state index is 0.878. The Balaban J connectivity index is 2.59. The standard InChI is InChI=1S/C16H18N2/c1-4-11-6-5-7-12-14-10(3)13(17)8-9(2)15(14)18-16(11)12/h5-8,18H,4,17H2,1-3H3. The Bertz CT molecular complexity index is 751. The van der Waals surface area contributed by atoms with Gasteiger partial charge in [-0.05, 0) is 43.0 Å². The van der Waals surface area contributed by atoms with E-state index in [0.717, 1.165) is 12.1 Å². The topological polar surface area (TPSA) is 41.8 Å². The fourth-order valence-corrected chi connectivity index (χ4v) is 2.82. The van der Waals surface area contributed by atoms with Crippen molar-refractivity contribution in [3.05, 3.63) is 41.0 Å². The van der Waals surface area contributed by atoms with E-state index in [4.69, 9.17) is 5.73 Å². The molecule has 0 radical (unpaired) electrons. The SMILES string of the molecule is CCc1cccc2c1[nH]c1c(C)cc(N)c(C)c12. The molecule has 0 unspecified atom stereocenters. The van der Waals surface area contributed by atoms with Crippen LogP contribution in [-0.4, -0.2) is 4.98 Å². The Kier molecular flexibility index (Phi) is 2.34. The molecule has 0 saturated heterocycles. The van der Waals surface area contributed by atoms with Crippen molar-refractivity contribution in [2.24, 2.45) is 0 Å². The minimum absolute atomic E-state index is 0.878. The average molecular weight is 238 g/mol. The van der Waals surface area contributed by atoms with Crippen LogP contribution in [0, 0.1) is 13.8 Å². The predicted molar refractivity (Wildman–Crippen MR) is 79.1 cm³/mol. The molecule has 3 N–H and O–H groups in total. The largest absolute Gasteiger partial charge is 0.398 e. The zero-order valence-corrected chi connectivity index (χ0v) is 11.1. The summed E-state index contributed by atoms with van der Waals surface area (Å²) in [6.07, 6.45) is 1.04. The van der Waals surface area contributed by atoms with Crippen LogP contribution in [0.1, 0.15) is 23.6 Å². The van der Waals surface area contributed by atoms with Crippen LogP contribution in [0.3, 0.4) is 0 Å². The van der Waals surface area contributed by atoms with Crippen molar-refractivity contribution in [2.45, 2.75) is 27.2 Å². The number of rotatable bonds is 1. The fraction of sp³-hybridized carbons (Fsp3) is 0.250. The number of aromatic nitrogens is 1. The lowest BCUT2D eigenvalue weighted by Gasteiger charge is -2.05. The number of H-pyrrole nitrogens is 1. The molecule has 0 atom stereocenters. The molecule has 92 valence electrons. The number of nitrogens with two attached hydrogens (primary N) is 1. The van der Waals surface area contributed by atoms with Gasteiger partial charge < -0.3 is 10.7 Å². The van der Waals surface area contributed by atoms with Crippen LogP contribution >= 0.6 is 0 Å². The molecule has 0 aliphatic heterocycles. The molecular formula is C16H18N2. The number of hydrogen-bond acceptors (Lipinski definition) is 1. The summed E-state index contributed by atoms with van der Waals surface area (Å²) in [4.78, 5) is 3.58. The van der Waals surface area contributed by atoms with Crippen LogP contribution in [0.4, 0.5) is 5.69 Å². The van der Waals surface area contributed by atoms with Gasteiger partial charge in [0.15, 0.2) is 0 Å². The maximum Gasteiger partial charge on any atom is 0.0498 e. The summed E-state index contributed by atoms with van der Waals surface area (Å²) in [6.45, 7) is 6.40. The van der Waals surface area contributed by atoms with Gasteiger partial charge in [-0.2, -0.15) is 0 Å². The molecule has 2 nitrogen and oxygen atoms in total. The molecule has 0 aliphatic carbocycles. The van der Waals surface area contributed by atoms with Crippen molar-refractivity contribution in [1.29, 1.82) is 0 Å². The van der Waals surface area contributed by atoms with E-state index >= 15 is 0 Å². The molecule has 3 aromatic rings. The molecule has 0 saturated carbocycles. The van der Waals surface area contributed by atoms with Crippen molar-refractivity contribution in [2.75, 3.05) is 5.73 Å². The first-order valence-corrected chi connectivity index (χ1v) is 6.42. The molecule has 0 bridgehead atoms. The van der Waals surface area contributed by atoms with E-state index in [-0.39, 0.29) is 0 Å². The Hall–Kier alpha value is -1.96. The predicted octanol–water partition coefficient (Wildman–Crippen LogP) is 4.08. The van der Waals surface area contributed by atoms with E-state index in [1.54, 1.807) is 0 Å². The highest BCUT2D eigenvalue weighted by atomic mass is 14.7. The van der Waals surface area contributed by atoms with Gasteiger partial charge in [0.2, 0.25) is 0 Å². The van der Waals surface area contributed by atoms with Crippen LogP contribution < -0.4 is 5.73 Å². The highest BCUT2D eigenvalue weighted by Gasteiger charge is 2.12. The number of fused-ring (bicyclic) bond motifs is 3. The number of nitrogen functional groups attached to an aromatic ring is 1. The van der Waals surface area contributed by atoms with Crippen molar-refractivity contribution in [3.8, 4) is 0 Å². The van der Waals surface area contributed by atoms with Crippen molar-refractivity contribution in [1.82, 2.24) is 4.98 Å². The van der Waals surface area contributed by atoms with E-state index in [1.807, 2.05) is 0 Å². The molecule has 1 heterocycles. The van der Waals surface area contributed by atoms with Gasteiger partial charge >= 0.3 is 0 Å². The lowest BCUT2D eigenvalue weighted by molar-refractivity contribution is 1.15. The van der Waals surface area contributed by atoms with Crippen molar-refractivity contribution < 1.29 is 0 Å². The van der Waals surface area contributed by atoms with Gasteiger partial charge in [0.1, 0.15) is 0 Å². The monoisotopic (exact) mass is 238 g/mol. The van der Waals surface area contributed by atoms with Crippen LogP contribution in [0.2, 0.25) is 0 Å². The summed E-state index contributed by atoms with van der Waals surface area (Å²) < 4.78 is 0. The van der Waals surface area contributed by atoms with E-state index in [2.05, 4.69) is 50.0 Å². The highest BCUT2D eigenvalue weighted by molar-refractivity contribution is 6.12. The highest BCUT2D eigenvalue weighted by Crippen LogP contribution is 2.34. The zero-order chi connectivity index (χ0) is 12.9. The van der Waals surface area contributed by atoms with E-state index in [9.17, 15) is 0 Å². The number of anilines is 1. The molecular weight excluding hydrogens is 220 g/mol. The third-order valence-corrected chi connectivity index (χ3v) is 3.88. The number of nitrogens with one attached hydrogen (secondary N) is 1. The molecule has 2 aromatic carbocycles. The van der Waals surface area contributed by atoms with E-state index in [0.29, 0.717) is 0 Å². The molecule has 1 aromatic heterocycles. The number of aromatic amines is 1. The Morgan fingerprint density at radius 3 is 2.67 bits per heavy atom. The van der Waals surface area contributed by atoms with Gasteiger partial charge in [-0.15, -0.1) is 0 Å². The van der Waals surface area contributed by atoms with Gasteiger partial charge in [0.05, 0.1) is 0 Å². The quantitative estimate of drug-likeness (QED) is 0.616.